The molecule has 0 aliphatic carbocycles. The van der Waals surface area contributed by atoms with Crippen molar-refractivity contribution in [3.8, 4) is 5.69 Å². The highest BCUT2D eigenvalue weighted by molar-refractivity contribution is 7.98. The molecule has 1 amide bonds. The molecule has 9 heteroatoms. The third-order valence-corrected chi connectivity index (χ3v) is 6.57. The summed E-state index contributed by atoms with van der Waals surface area (Å²) in [6.45, 7) is 2.34. The van der Waals surface area contributed by atoms with Gasteiger partial charge in [-0.2, -0.15) is 5.10 Å². The quantitative estimate of drug-likeness (QED) is 0.336. The number of benzene rings is 2. The van der Waals surface area contributed by atoms with Crippen LogP contribution in [0.5, 0.6) is 0 Å². The van der Waals surface area contributed by atoms with Gasteiger partial charge >= 0.3 is 0 Å². The molecule has 0 spiro atoms. The average molecular weight is 484 g/mol. The first-order valence-electron chi connectivity index (χ1n) is 10.3. The van der Waals surface area contributed by atoms with Crippen LogP contribution >= 0.6 is 23.4 Å². The van der Waals surface area contributed by atoms with Crippen molar-refractivity contribution in [3.05, 3.63) is 94.3 Å². The van der Waals surface area contributed by atoms with Crippen molar-refractivity contribution in [3.63, 3.8) is 0 Å². The van der Waals surface area contributed by atoms with E-state index >= 15 is 0 Å². The first kappa shape index (κ1) is 23.1. The number of nitrogens with zero attached hydrogens (tertiary/aromatic N) is 5. The summed E-state index contributed by atoms with van der Waals surface area (Å²) < 4.78 is 17.8. The van der Waals surface area contributed by atoms with Crippen LogP contribution < -0.4 is 0 Å². The Morgan fingerprint density at radius 1 is 1.18 bits per heavy atom. The molecule has 4 aromatic rings. The second kappa shape index (κ2) is 9.80. The normalized spacial score (nSPS) is 11.1. The topological polar surface area (TPSA) is 56.0 Å². The van der Waals surface area contributed by atoms with Gasteiger partial charge in [0.05, 0.1) is 11.9 Å². The number of halogens is 2. The maximum atomic E-state index is 14.3. The van der Waals surface area contributed by atoms with Crippen molar-refractivity contribution < 1.29 is 9.18 Å². The van der Waals surface area contributed by atoms with Crippen LogP contribution in [0.1, 0.15) is 27.3 Å². The zero-order chi connectivity index (χ0) is 23.5. The third-order valence-electron chi connectivity index (χ3n) is 5.24. The number of carbonyl (C=O) groups is 1. The van der Waals surface area contributed by atoms with Crippen LogP contribution in [0, 0.1) is 12.7 Å². The van der Waals surface area contributed by atoms with E-state index in [1.54, 1.807) is 39.5 Å². The molecule has 0 radical (unpaired) electrons. The first-order valence-corrected chi connectivity index (χ1v) is 11.6. The summed E-state index contributed by atoms with van der Waals surface area (Å²) >= 11 is 7.52. The van der Waals surface area contributed by atoms with Crippen molar-refractivity contribution >= 4 is 29.3 Å². The Morgan fingerprint density at radius 3 is 2.61 bits per heavy atom. The predicted octanol–water partition coefficient (Wildman–Crippen LogP) is 5.27. The fraction of sp³-hybridized carbons (Fsp3) is 0.208. The number of hydrogen-bond acceptors (Lipinski definition) is 4. The number of aryl methyl sites for hydroxylation is 2. The van der Waals surface area contributed by atoms with Crippen molar-refractivity contribution in [1.29, 1.82) is 0 Å². The van der Waals surface area contributed by atoms with Gasteiger partial charge in [-0.3, -0.25) is 14.0 Å². The minimum Gasteiger partial charge on any atom is -0.336 e. The van der Waals surface area contributed by atoms with E-state index in [0.29, 0.717) is 28.0 Å². The van der Waals surface area contributed by atoms with Gasteiger partial charge in [-0.25, -0.2) is 9.37 Å². The molecule has 0 atom stereocenters. The lowest BCUT2D eigenvalue weighted by molar-refractivity contribution is 0.0776. The maximum Gasteiger partial charge on any atom is 0.272 e. The molecule has 0 saturated heterocycles. The fourth-order valence-electron chi connectivity index (χ4n) is 3.55. The molecule has 0 aliphatic heterocycles. The van der Waals surface area contributed by atoms with E-state index in [-0.39, 0.29) is 17.5 Å². The van der Waals surface area contributed by atoms with E-state index in [0.717, 1.165) is 16.9 Å². The highest BCUT2D eigenvalue weighted by atomic mass is 35.5. The number of carbonyl (C=O) groups excluding carboxylic acids is 1. The Bertz CT molecular complexity index is 1270. The third kappa shape index (κ3) is 4.96. The highest BCUT2D eigenvalue weighted by Crippen LogP contribution is 2.30. The van der Waals surface area contributed by atoms with E-state index in [2.05, 4.69) is 10.1 Å². The number of amides is 1. The van der Waals surface area contributed by atoms with Gasteiger partial charge in [-0.1, -0.05) is 47.6 Å². The van der Waals surface area contributed by atoms with Gasteiger partial charge in [0.1, 0.15) is 11.5 Å². The number of rotatable bonds is 7. The summed E-state index contributed by atoms with van der Waals surface area (Å²) in [5, 5.41) is 5.29. The van der Waals surface area contributed by atoms with Crippen molar-refractivity contribution in [1.82, 2.24) is 24.2 Å². The van der Waals surface area contributed by atoms with Crippen LogP contribution in [-0.4, -0.2) is 37.2 Å². The number of para-hydroxylation sites is 1. The van der Waals surface area contributed by atoms with Gasteiger partial charge in [-0.15, -0.1) is 0 Å². The number of imidazole rings is 1. The zero-order valence-electron chi connectivity index (χ0n) is 18.5. The molecule has 0 N–H and O–H groups in total. The molecule has 4 rings (SSSR count). The fourth-order valence-corrected chi connectivity index (χ4v) is 4.88. The predicted molar refractivity (Wildman–Crippen MR) is 128 cm³/mol. The number of hydrogen-bond donors (Lipinski definition) is 0. The van der Waals surface area contributed by atoms with Crippen LogP contribution in [0.25, 0.3) is 5.69 Å². The van der Waals surface area contributed by atoms with Gasteiger partial charge in [0.25, 0.3) is 5.91 Å². The Hall–Kier alpha value is -3.10. The minimum atomic E-state index is -0.365. The van der Waals surface area contributed by atoms with Gasteiger partial charge in [0.15, 0.2) is 5.16 Å². The van der Waals surface area contributed by atoms with Crippen LogP contribution in [0.15, 0.2) is 66.1 Å². The number of aromatic nitrogens is 4. The van der Waals surface area contributed by atoms with Crippen molar-refractivity contribution in [2.24, 2.45) is 7.05 Å². The average Bonchev–Trinajstić information content (AvgIpc) is 3.35. The molecule has 6 nitrogen and oxygen atoms in total. The highest BCUT2D eigenvalue weighted by Gasteiger charge is 2.23. The Morgan fingerprint density at radius 2 is 1.94 bits per heavy atom. The number of thioether (sulfide) groups is 1. The molecule has 0 fully saturated rings. The minimum absolute atomic E-state index is 0.176. The molecule has 0 saturated carbocycles. The lowest BCUT2D eigenvalue weighted by atomic mass is 10.2. The summed E-state index contributed by atoms with van der Waals surface area (Å²) in [7, 11) is 3.61. The second-order valence-electron chi connectivity index (χ2n) is 7.66. The molecule has 0 unspecified atom stereocenters. The van der Waals surface area contributed by atoms with E-state index in [4.69, 9.17) is 11.6 Å². The SMILES string of the molecule is Cc1nn(C)cc1CN(C)C(=O)c1cnc(SCc2c(F)cccc2Cl)n1-c1ccccc1. The summed E-state index contributed by atoms with van der Waals surface area (Å²) in [5.74, 6) is -0.255. The molecule has 2 heterocycles. The monoisotopic (exact) mass is 483 g/mol. The van der Waals surface area contributed by atoms with Gasteiger partial charge in [0, 0.05) is 54.4 Å². The van der Waals surface area contributed by atoms with Crippen LogP contribution in [0.4, 0.5) is 4.39 Å². The second-order valence-corrected chi connectivity index (χ2v) is 9.01. The Balaban J connectivity index is 1.65. The van der Waals surface area contributed by atoms with Crippen molar-refractivity contribution in [2.45, 2.75) is 24.4 Å². The van der Waals surface area contributed by atoms with Gasteiger partial charge in [-0.05, 0) is 31.2 Å². The Kier molecular flexibility index (Phi) is 6.85. The zero-order valence-corrected chi connectivity index (χ0v) is 20.1. The molecule has 0 bridgehead atoms. The molecular formula is C24H23ClFN5OS. The lowest BCUT2D eigenvalue weighted by Crippen LogP contribution is -2.28. The van der Waals surface area contributed by atoms with Crippen LogP contribution in [-0.2, 0) is 19.3 Å². The molecule has 2 aromatic carbocycles. The summed E-state index contributed by atoms with van der Waals surface area (Å²) in [6, 6.07) is 14.1. The van der Waals surface area contributed by atoms with Crippen LogP contribution in [0.3, 0.4) is 0 Å². The summed E-state index contributed by atoms with van der Waals surface area (Å²) in [4.78, 5) is 19.5. The van der Waals surface area contributed by atoms with Gasteiger partial charge in [0.2, 0.25) is 0 Å². The van der Waals surface area contributed by atoms with E-state index in [1.807, 2.05) is 50.5 Å². The van der Waals surface area contributed by atoms with Crippen LogP contribution in [0.2, 0.25) is 5.02 Å². The summed E-state index contributed by atoms with van der Waals surface area (Å²) in [6.07, 6.45) is 3.47. The largest absolute Gasteiger partial charge is 0.336 e. The Labute approximate surface area is 201 Å². The molecule has 170 valence electrons. The maximum absolute atomic E-state index is 14.3. The molecule has 2 aromatic heterocycles. The smallest absolute Gasteiger partial charge is 0.272 e. The van der Waals surface area contributed by atoms with E-state index in [1.165, 1.54) is 17.8 Å². The molecular weight excluding hydrogens is 461 g/mol. The van der Waals surface area contributed by atoms with Gasteiger partial charge < -0.3 is 4.90 Å². The summed E-state index contributed by atoms with van der Waals surface area (Å²) in [5.41, 5.74) is 3.48. The molecule has 33 heavy (non-hydrogen) atoms. The first-order chi connectivity index (χ1) is 15.8. The lowest BCUT2D eigenvalue weighted by Gasteiger charge is -2.18. The van der Waals surface area contributed by atoms with E-state index < -0.39 is 0 Å². The van der Waals surface area contributed by atoms with Crippen molar-refractivity contribution in [2.75, 3.05) is 7.05 Å². The van der Waals surface area contributed by atoms with E-state index in [9.17, 15) is 9.18 Å². The molecule has 0 aliphatic rings. The standard InChI is InChI=1S/C24H23ClFN5OS/c1-16-17(14-30(3)28-16)13-29(2)23(32)22-12-27-24(31(22)18-8-5-4-6-9-18)33-15-19-20(25)10-7-11-21(19)26/h4-12,14H,13,15H2,1-3H3.